The molecule has 2 unspecified atom stereocenters. The zero-order valence-electron chi connectivity index (χ0n) is 16.6. The summed E-state index contributed by atoms with van der Waals surface area (Å²) >= 11 is 0. The third-order valence-electron chi connectivity index (χ3n) is 4.33. The Kier molecular flexibility index (Phi) is 8.42. The number of ketones is 2. The number of carbonyl (C=O) groups is 5. The molecule has 0 aromatic carbocycles. The van der Waals surface area contributed by atoms with Crippen LogP contribution in [0.5, 0.6) is 0 Å². The SMILES string of the molecule is CCOC(C)=O.O=C1C=CC(=O)C1.O=C1NC(=O)[C@H]2C3C=CC(O3)[C@@H]12.c1ccoc1. The van der Waals surface area contributed by atoms with Crippen molar-refractivity contribution in [1.29, 1.82) is 0 Å². The molecule has 9 nitrogen and oxygen atoms in total. The number of esters is 1. The van der Waals surface area contributed by atoms with Gasteiger partial charge in [0.2, 0.25) is 11.8 Å². The summed E-state index contributed by atoms with van der Waals surface area (Å²) in [4.78, 5) is 52.5. The molecule has 1 N–H and O–H groups in total. The first-order valence-electron chi connectivity index (χ1n) is 9.36. The van der Waals surface area contributed by atoms with E-state index in [4.69, 9.17) is 4.74 Å². The molecular formula is C21H23NO8. The van der Waals surface area contributed by atoms with Gasteiger partial charge in [0, 0.05) is 6.92 Å². The standard InChI is InChI=1S/C8H7NO3.C5H4O2.C4H8O2.C4H4O/c10-7-5-3-1-2-4(12-3)6(5)8(11)9-7;6-4-1-2-5(7)3-4;1-3-6-4(2)5;1-2-4-5-3-1/h1-6H,(H,9,10,11);1-2H,3H2;3H2,1-2H3;1-4H/t3?,4?,5-,6+;;;. The molecule has 2 amide bonds. The van der Waals surface area contributed by atoms with E-state index in [9.17, 15) is 24.0 Å². The van der Waals surface area contributed by atoms with Crippen LogP contribution >= 0.6 is 0 Å². The fourth-order valence-corrected chi connectivity index (χ4v) is 3.13. The van der Waals surface area contributed by atoms with Crippen LogP contribution in [0.1, 0.15) is 20.3 Å². The van der Waals surface area contributed by atoms with E-state index in [0.717, 1.165) is 0 Å². The lowest BCUT2D eigenvalue weighted by atomic mass is 9.85. The van der Waals surface area contributed by atoms with Gasteiger partial charge in [-0.2, -0.15) is 0 Å². The maximum atomic E-state index is 11.2. The molecule has 0 saturated carbocycles. The van der Waals surface area contributed by atoms with Gasteiger partial charge in [-0.3, -0.25) is 29.3 Å². The Labute approximate surface area is 173 Å². The van der Waals surface area contributed by atoms with Crippen molar-refractivity contribution in [3.05, 3.63) is 49.0 Å². The van der Waals surface area contributed by atoms with Gasteiger partial charge in [0.05, 0.1) is 49.6 Å². The number of ether oxygens (including phenoxy) is 2. The molecule has 3 aliphatic heterocycles. The normalized spacial score (nSPS) is 26.6. The van der Waals surface area contributed by atoms with Crippen LogP contribution < -0.4 is 5.32 Å². The van der Waals surface area contributed by atoms with Crippen LogP contribution in [0, 0.1) is 11.8 Å². The molecule has 1 aliphatic carbocycles. The zero-order valence-corrected chi connectivity index (χ0v) is 16.6. The molecule has 4 aliphatic rings. The lowest BCUT2D eigenvalue weighted by molar-refractivity contribution is -0.140. The molecule has 9 heteroatoms. The lowest BCUT2D eigenvalue weighted by Gasteiger charge is -2.10. The molecule has 4 atom stereocenters. The van der Waals surface area contributed by atoms with Crippen LogP contribution in [0.15, 0.2) is 53.4 Å². The molecule has 5 rings (SSSR count). The second-order valence-electron chi connectivity index (χ2n) is 6.52. The molecule has 1 aromatic heterocycles. The first-order valence-corrected chi connectivity index (χ1v) is 9.36. The second-order valence-corrected chi connectivity index (χ2v) is 6.52. The Bertz CT molecular complexity index is 778. The first kappa shape index (κ1) is 23.0. The number of hydrogen-bond donors (Lipinski definition) is 1. The second kappa shape index (κ2) is 11.0. The number of carbonyl (C=O) groups excluding carboxylic acids is 5. The molecule has 0 radical (unpaired) electrons. The minimum absolute atomic E-state index is 0.0787. The molecule has 4 heterocycles. The number of fused-ring (bicyclic) bond motifs is 5. The van der Waals surface area contributed by atoms with Gasteiger partial charge >= 0.3 is 5.97 Å². The number of amides is 2. The molecular weight excluding hydrogens is 394 g/mol. The van der Waals surface area contributed by atoms with Crippen molar-refractivity contribution < 1.29 is 37.9 Å². The van der Waals surface area contributed by atoms with Gasteiger partial charge in [0.25, 0.3) is 0 Å². The maximum absolute atomic E-state index is 11.2. The highest BCUT2D eigenvalue weighted by Crippen LogP contribution is 2.41. The fourth-order valence-electron chi connectivity index (χ4n) is 3.13. The number of nitrogens with one attached hydrogen (secondary N) is 1. The molecule has 0 spiro atoms. The smallest absolute Gasteiger partial charge is 0.302 e. The average molecular weight is 417 g/mol. The summed E-state index contributed by atoms with van der Waals surface area (Å²) in [6, 6.07) is 3.67. The van der Waals surface area contributed by atoms with Gasteiger partial charge in [-0.25, -0.2) is 0 Å². The molecule has 1 aromatic rings. The topological polar surface area (TPSA) is 129 Å². The summed E-state index contributed by atoms with van der Waals surface area (Å²) in [7, 11) is 0. The minimum atomic E-state index is -0.257. The van der Waals surface area contributed by atoms with E-state index in [1.54, 1.807) is 19.5 Å². The van der Waals surface area contributed by atoms with Crippen LogP contribution in [0.2, 0.25) is 0 Å². The van der Waals surface area contributed by atoms with Gasteiger partial charge in [-0.15, -0.1) is 0 Å². The highest BCUT2D eigenvalue weighted by atomic mass is 16.5. The van der Waals surface area contributed by atoms with E-state index < -0.39 is 0 Å². The summed E-state index contributed by atoms with van der Waals surface area (Å²) in [5.41, 5.74) is 0. The Morgan fingerprint density at radius 1 is 1.00 bits per heavy atom. The summed E-state index contributed by atoms with van der Waals surface area (Å²) < 4.78 is 14.4. The van der Waals surface area contributed by atoms with E-state index in [1.807, 2.05) is 24.3 Å². The Balaban J connectivity index is 0.000000154. The fraction of sp³-hybridized carbons (Fsp3) is 0.381. The Morgan fingerprint density at radius 2 is 1.50 bits per heavy atom. The van der Waals surface area contributed by atoms with Gasteiger partial charge in [-0.05, 0) is 31.2 Å². The maximum Gasteiger partial charge on any atom is 0.302 e. The minimum Gasteiger partial charge on any atom is -0.473 e. The van der Waals surface area contributed by atoms with Crippen LogP contribution in [0.4, 0.5) is 0 Å². The monoisotopic (exact) mass is 417 g/mol. The summed E-state index contributed by atoms with van der Waals surface area (Å²) in [6.07, 6.45) is 9.36. The number of imide groups is 1. The van der Waals surface area contributed by atoms with Crippen LogP contribution in [0.3, 0.4) is 0 Å². The average Bonchev–Trinajstić information content (AvgIpc) is 3.49. The highest BCUT2D eigenvalue weighted by Gasteiger charge is 2.57. The van der Waals surface area contributed by atoms with Gasteiger partial charge in [-0.1, -0.05) is 12.2 Å². The van der Waals surface area contributed by atoms with Gasteiger partial charge in [0.15, 0.2) is 11.6 Å². The van der Waals surface area contributed by atoms with Crippen molar-refractivity contribution >= 4 is 29.4 Å². The van der Waals surface area contributed by atoms with Crippen LogP contribution in [-0.2, 0) is 33.4 Å². The molecule has 160 valence electrons. The van der Waals surface area contributed by atoms with E-state index >= 15 is 0 Å². The van der Waals surface area contributed by atoms with E-state index in [-0.39, 0.29) is 59.8 Å². The Morgan fingerprint density at radius 3 is 1.77 bits per heavy atom. The lowest BCUT2D eigenvalue weighted by Crippen LogP contribution is -2.27. The molecule has 2 saturated heterocycles. The summed E-state index contributed by atoms with van der Waals surface area (Å²) in [6.45, 7) is 3.65. The number of allylic oxidation sites excluding steroid dienone is 2. The Hall–Kier alpha value is -3.33. The molecule has 30 heavy (non-hydrogen) atoms. The van der Waals surface area contributed by atoms with Gasteiger partial charge in [0.1, 0.15) is 0 Å². The first-order chi connectivity index (χ1) is 14.3. The van der Waals surface area contributed by atoms with Crippen molar-refractivity contribution in [3.63, 3.8) is 0 Å². The van der Waals surface area contributed by atoms with Gasteiger partial charge < -0.3 is 13.9 Å². The quantitative estimate of drug-likeness (QED) is 0.312. The third-order valence-corrected chi connectivity index (χ3v) is 4.33. The third kappa shape index (κ3) is 6.35. The van der Waals surface area contributed by atoms with Crippen molar-refractivity contribution in [2.24, 2.45) is 11.8 Å². The van der Waals surface area contributed by atoms with Crippen molar-refractivity contribution in [2.75, 3.05) is 6.61 Å². The predicted octanol–water partition coefficient (Wildman–Crippen LogP) is 1.15. The molecule has 2 bridgehead atoms. The van der Waals surface area contributed by atoms with Crippen molar-refractivity contribution in [1.82, 2.24) is 5.32 Å². The van der Waals surface area contributed by atoms with Crippen molar-refractivity contribution in [3.8, 4) is 0 Å². The van der Waals surface area contributed by atoms with E-state index in [1.165, 1.54) is 19.1 Å². The largest absolute Gasteiger partial charge is 0.473 e. The van der Waals surface area contributed by atoms with E-state index in [2.05, 4.69) is 14.5 Å². The number of rotatable bonds is 1. The predicted molar refractivity (Wildman–Crippen MR) is 103 cm³/mol. The summed E-state index contributed by atoms with van der Waals surface area (Å²) in [5.74, 6) is -1.24. The van der Waals surface area contributed by atoms with Crippen LogP contribution in [0.25, 0.3) is 0 Å². The van der Waals surface area contributed by atoms with E-state index in [0.29, 0.717) is 6.61 Å². The van der Waals surface area contributed by atoms with Crippen molar-refractivity contribution in [2.45, 2.75) is 32.5 Å². The number of hydrogen-bond acceptors (Lipinski definition) is 8. The van der Waals surface area contributed by atoms with Crippen LogP contribution in [-0.4, -0.2) is 48.2 Å². The highest BCUT2D eigenvalue weighted by molar-refractivity contribution is 6.16. The molecule has 2 fully saturated rings. The number of furan rings is 1. The summed E-state index contributed by atoms with van der Waals surface area (Å²) in [5, 5.41) is 2.32. The zero-order chi connectivity index (χ0) is 22.1.